The zero-order valence-electron chi connectivity index (χ0n) is 15.0. The third-order valence-electron chi connectivity index (χ3n) is 3.78. The third kappa shape index (κ3) is 4.72. The summed E-state index contributed by atoms with van der Waals surface area (Å²) in [4.78, 5) is 12.1. The van der Waals surface area contributed by atoms with Crippen LogP contribution in [0.25, 0.3) is 5.69 Å². The molecule has 27 heavy (non-hydrogen) atoms. The summed E-state index contributed by atoms with van der Waals surface area (Å²) in [6.45, 7) is 2.60. The number of tetrazole rings is 1. The lowest BCUT2D eigenvalue weighted by Crippen LogP contribution is -2.32. The van der Waals surface area contributed by atoms with Gasteiger partial charge in [0.1, 0.15) is 12.9 Å². The molecule has 0 saturated heterocycles. The van der Waals surface area contributed by atoms with Gasteiger partial charge in [-0.2, -0.15) is 0 Å². The van der Waals surface area contributed by atoms with Gasteiger partial charge in [0.2, 0.25) is 0 Å². The zero-order valence-corrected chi connectivity index (χ0v) is 15.0. The number of hydrogen-bond acceptors (Lipinski definition) is 6. The number of methoxy groups -OCH3 is 1. The number of nitrogens with zero attached hydrogens (tertiary/aromatic N) is 4. The van der Waals surface area contributed by atoms with Gasteiger partial charge < -0.3 is 20.1 Å². The number of benzene rings is 2. The molecule has 0 bridgehead atoms. The van der Waals surface area contributed by atoms with Crippen molar-refractivity contribution in [3.05, 3.63) is 54.4 Å². The van der Waals surface area contributed by atoms with Gasteiger partial charge in [0, 0.05) is 5.69 Å². The number of rotatable bonds is 7. The molecule has 3 rings (SSSR count). The Hall–Kier alpha value is -3.62. The standard InChI is InChI=1S/C18H20N6O3/c1-13-7-8-14(11-15(13)24-12-20-22-23-24)21-18(25)19-9-10-27-17-6-4-3-5-16(17)26-2/h3-8,11-12H,9-10H2,1-2H3,(H2,19,21,25). The Bertz CT molecular complexity index is 898. The Morgan fingerprint density at radius 3 is 2.74 bits per heavy atom. The van der Waals surface area contributed by atoms with E-state index in [0.717, 1.165) is 11.3 Å². The molecule has 0 fully saturated rings. The number of aryl methyl sites for hydroxylation is 1. The van der Waals surface area contributed by atoms with Gasteiger partial charge >= 0.3 is 6.03 Å². The van der Waals surface area contributed by atoms with E-state index in [1.807, 2.05) is 43.3 Å². The van der Waals surface area contributed by atoms with Crippen LogP contribution in [0.4, 0.5) is 10.5 Å². The van der Waals surface area contributed by atoms with Crippen molar-refractivity contribution in [2.75, 3.05) is 25.6 Å². The molecule has 2 N–H and O–H groups in total. The van der Waals surface area contributed by atoms with E-state index in [0.29, 0.717) is 30.3 Å². The number of para-hydroxylation sites is 2. The molecule has 3 aromatic rings. The van der Waals surface area contributed by atoms with Gasteiger partial charge in [0.25, 0.3) is 0 Å². The van der Waals surface area contributed by atoms with Gasteiger partial charge in [-0.15, -0.1) is 5.10 Å². The molecule has 140 valence electrons. The van der Waals surface area contributed by atoms with E-state index in [1.165, 1.54) is 6.33 Å². The van der Waals surface area contributed by atoms with E-state index >= 15 is 0 Å². The summed E-state index contributed by atoms with van der Waals surface area (Å²) in [5.41, 5.74) is 2.41. The van der Waals surface area contributed by atoms with E-state index in [1.54, 1.807) is 17.9 Å². The minimum atomic E-state index is -0.329. The van der Waals surface area contributed by atoms with Crippen LogP contribution in [0.2, 0.25) is 0 Å². The maximum absolute atomic E-state index is 12.1. The molecule has 0 aliphatic rings. The van der Waals surface area contributed by atoms with Gasteiger partial charge in [-0.1, -0.05) is 18.2 Å². The quantitative estimate of drug-likeness (QED) is 0.620. The van der Waals surface area contributed by atoms with Gasteiger partial charge in [-0.05, 0) is 47.2 Å². The Kier molecular flexibility index (Phi) is 5.83. The SMILES string of the molecule is COc1ccccc1OCCNC(=O)Nc1ccc(C)c(-n2cnnn2)c1. The van der Waals surface area contributed by atoms with Crippen LogP contribution >= 0.6 is 0 Å². The highest BCUT2D eigenvalue weighted by atomic mass is 16.5. The van der Waals surface area contributed by atoms with E-state index in [4.69, 9.17) is 9.47 Å². The van der Waals surface area contributed by atoms with Crippen LogP contribution in [-0.4, -0.2) is 46.5 Å². The molecule has 9 heteroatoms. The summed E-state index contributed by atoms with van der Waals surface area (Å²) in [7, 11) is 1.58. The fourth-order valence-electron chi connectivity index (χ4n) is 2.44. The van der Waals surface area contributed by atoms with Crippen LogP contribution in [-0.2, 0) is 0 Å². The predicted molar refractivity (Wildman–Crippen MR) is 99.4 cm³/mol. The van der Waals surface area contributed by atoms with Crippen molar-refractivity contribution in [2.45, 2.75) is 6.92 Å². The molecule has 2 amide bonds. The number of urea groups is 1. The number of aromatic nitrogens is 4. The second-order valence-electron chi connectivity index (χ2n) is 5.64. The number of anilines is 1. The van der Waals surface area contributed by atoms with Crippen LogP contribution < -0.4 is 20.1 Å². The van der Waals surface area contributed by atoms with Crippen molar-refractivity contribution in [1.29, 1.82) is 0 Å². The lowest BCUT2D eigenvalue weighted by atomic mass is 10.2. The fourth-order valence-corrected chi connectivity index (χ4v) is 2.44. The summed E-state index contributed by atoms with van der Waals surface area (Å²) < 4.78 is 12.4. The predicted octanol–water partition coefficient (Wildman–Crippen LogP) is 2.18. The first-order valence-corrected chi connectivity index (χ1v) is 8.32. The summed E-state index contributed by atoms with van der Waals surface area (Å²) in [5.74, 6) is 1.28. The van der Waals surface area contributed by atoms with E-state index in [2.05, 4.69) is 26.2 Å². The molecule has 0 unspecified atom stereocenters. The first-order chi connectivity index (χ1) is 13.2. The van der Waals surface area contributed by atoms with Gasteiger partial charge in [0.15, 0.2) is 11.5 Å². The molecule has 9 nitrogen and oxygen atoms in total. The minimum absolute atomic E-state index is 0.317. The van der Waals surface area contributed by atoms with E-state index < -0.39 is 0 Å². The summed E-state index contributed by atoms with van der Waals surface area (Å²) >= 11 is 0. The highest BCUT2D eigenvalue weighted by Gasteiger charge is 2.07. The normalized spacial score (nSPS) is 10.3. The molecule has 0 aliphatic carbocycles. The minimum Gasteiger partial charge on any atom is -0.493 e. The van der Waals surface area contributed by atoms with Crippen LogP contribution in [0.5, 0.6) is 11.5 Å². The van der Waals surface area contributed by atoms with Gasteiger partial charge in [-0.25, -0.2) is 9.48 Å². The number of ether oxygens (including phenoxy) is 2. The maximum Gasteiger partial charge on any atom is 0.319 e. The van der Waals surface area contributed by atoms with Crippen LogP contribution in [0.3, 0.4) is 0 Å². The molecule has 0 spiro atoms. The highest BCUT2D eigenvalue weighted by molar-refractivity contribution is 5.89. The Balaban J connectivity index is 1.50. The van der Waals surface area contributed by atoms with Crippen molar-refractivity contribution in [2.24, 2.45) is 0 Å². The van der Waals surface area contributed by atoms with Crippen LogP contribution in [0.1, 0.15) is 5.56 Å². The van der Waals surface area contributed by atoms with Crippen molar-refractivity contribution in [3.8, 4) is 17.2 Å². The van der Waals surface area contributed by atoms with Gasteiger partial charge in [-0.3, -0.25) is 0 Å². The number of hydrogen-bond donors (Lipinski definition) is 2. The van der Waals surface area contributed by atoms with Crippen molar-refractivity contribution >= 4 is 11.7 Å². The number of carbonyl (C=O) groups excluding carboxylic acids is 1. The first-order valence-electron chi connectivity index (χ1n) is 8.32. The maximum atomic E-state index is 12.1. The van der Waals surface area contributed by atoms with Crippen molar-refractivity contribution < 1.29 is 14.3 Å². The highest BCUT2D eigenvalue weighted by Crippen LogP contribution is 2.25. The van der Waals surface area contributed by atoms with Crippen molar-refractivity contribution in [1.82, 2.24) is 25.5 Å². The Morgan fingerprint density at radius 2 is 2.00 bits per heavy atom. The molecule has 0 saturated carbocycles. The topological polar surface area (TPSA) is 103 Å². The zero-order chi connectivity index (χ0) is 19.1. The Labute approximate surface area is 156 Å². The molecular formula is C18H20N6O3. The average Bonchev–Trinajstić information content (AvgIpc) is 3.21. The van der Waals surface area contributed by atoms with E-state index in [9.17, 15) is 4.79 Å². The fraction of sp³-hybridized carbons (Fsp3) is 0.222. The largest absolute Gasteiger partial charge is 0.493 e. The smallest absolute Gasteiger partial charge is 0.319 e. The lowest BCUT2D eigenvalue weighted by molar-refractivity contribution is 0.246. The molecule has 0 radical (unpaired) electrons. The molecule has 0 atom stereocenters. The summed E-state index contributed by atoms with van der Waals surface area (Å²) in [6, 6.07) is 12.5. The summed E-state index contributed by atoms with van der Waals surface area (Å²) in [6.07, 6.45) is 1.50. The molecule has 0 aliphatic heterocycles. The van der Waals surface area contributed by atoms with Crippen LogP contribution in [0, 0.1) is 6.92 Å². The number of carbonyl (C=O) groups is 1. The Morgan fingerprint density at radius 1 is 1.19 bits per heavy atom. The second-order valence-corrected chi connectivity index (χ2v) is 5.64. The average molecular weight is 368 g/mol. The lowest BCUT2D eigenvalue weighted by Gasteiger charge is -2.12. The third-order valence-corrected chi connectivity index (χ3v) is 3.78. The van der Waals surface area contributed by atoms with Crippen molar-refractivity contribution in [3.63, 3.8) is 0 Å². The first kappa shape index (κ1) is 18.2. The van der Waals surface area contributed by atoms with Crippen LogP contribution in [0.15, 0.2) is 48.8 Å². The second kappa shape index (κ2) is 8.65. The number of nitrogens with one attached hydrogen (secondary N) is 2. The van der Waals surface area contributed by atoms with E-state index in [-0.39, 0.29) is 6.03 Å². The van der Waals surface area contributed by atoms with Gasteiger partial charge in [0.05, 0.1) is 19.3 Å². The molecule has 1 heterocycles. The summed E-state index contributed by atoms with van der Waals surface area (Å²) in [5, 5.41) is 16.7. The monoisotopic (exact) mass is 368 g/mol. The molecule has 2 aromatic carbocycles. The molecular weight excluding hydrogens is 348 g/mol. The molecule has 1 aromatic heterocycles. The number of amides is 2.